The summed E-state index contributed by atoms with van der Waals surface area (Å²) in [7, 11) is 0. The van der Waals surface area contributed by atoms with E-state index >= 15 is 0 Å². The van der Waals surface area contributed by atoms with E-state index in [1.54, 1.807) is 24.3 Å². The van der Waals surface area contributed by atoms with Crippen molar-refractivity contribution in [3.8, 4) is 11.5 Å². The molecule has 2 rings (SSSR count). The molecule has 2 aromatic carbocycles. The molecule has 0 radical (unpaired) electrons. The number of carbonyl (C=O) groups is 1. The Kier molecular flexibility index (Phi) is 4.73. The van der Waals surface area contributed by atoms with Crippen LogP contribution in [0.3, 0.4) is 0 Å². The van der Waals surface area contributed by atoms with E-state index in [4.69, 9.17) is 21.1 Å². The third kappa shape index (κ3) is 3.93. The quantitative estimate of drug-likeness (QED) is 0.367. The zero-order valence-electron chi connectivity index (χ0n) is 10.7. The first-order chi connectivity index (χ1) is 10.1. The van der Waals surface area contributed by atoms with Crippen LogP contribution in [0.4, 0.5) is 5.69 Å². The average Bonchev–Trinajstić information content (AvgIpc) is 2.48. The van der Waals surface area contributed by atoms with Gasteiger partial charge >= 0.3 is 11.7 Å². The highest BCUT2D eigenvalue weighted by atomic mass is 35.5. The molecule has 0 saturated carbocycles. The summed E-state index contributed by atoms with van der Waals surface area (Å²) in [6.45, 7) is -0.462. The van der Waals surface area contributed by atoms with Crippen molar-refractivity contribution >= 4 is 23.3 Å². The van der Waals surface area contributed by atoms with Crippen LogP contribution in [0.2, 0.25) is 5.02 Å². The van der Waals surface area contributed by atoms with Crippen molar-refractivity contribution < 1.29 is 19.2 Å². The summed E-state index contributed by atoms with van der Waals surface area (Å²) in [5.74, 6) is -0.504. The van der Waals surface area contributed by atoms with Gasteiger partial charge in [-0.2, -0.15) is 0 Å². The van der Waals surface area contributed by atoms with E-state index in [1.165, 1.54) is 24.3 Å². The molecule has 108 valence electrons. The summed E-state index contributed by atoms with van der Waals surface area (Å²) >= 11 is 5.84. The number of hydrogen-bond acceptors (Lipinski definition) is 5. The molecule has 0 aliphatic rings. The Hall–Kier alpha value is -2.60. The molecule has 0 fully saturated rings. The number of carbonyl (C=O) groups excluding carboxylic acids is 1. The minimum atomic E-state index is -0.707. The van der Waals surface area contributed by atoms with Crippen LogP contribution in [0, 0.1) is 10.1 Å². The van der Waals surface area contributed by atoms with Crippen molar-refractivity contribution in [2.45, 2.75) is 0 Å². The summed E-state index contributed by atoms with van der Waals surface area (Å²) < 4.78 is 10.1. The Labute approximate surface area is 125 Å². The zero-order chi connectivity index (χ0) is 15.2. The van der Waals surface area contributed by atoms with Gasteiger partial charge in [0.05, 0.1) is 9.95 Å². The first-order valence-corrected chi connectivity index (χ1v) is 6.27. The summed E-state index contributed by atoms with van der Waals surface area (Å²) in [6.07, 6.45) is 0. The normalized spacial score (nSPS) is 9.95. The van der Waals surface area contributed by atoms with E-state index in [2.05, 4.69) is 0 Å². The van der Waals surface area contributed by atoms with Gasteiger partial charge in [-0.3, -0.25) is 10.1 Å². The maximum Gasteiger partial charge on any atom is 0.349 e. The van der Waals surface area contributed by atoms with E-state index < -0.39 is 17.5 Å². The smallest absolute Gasteiger partial charge is 0.349 e. The minimum absolute atomic E-state index is 0.00129. The molecule has 0 atom stereocenters. The second kappa shape index (κ2) is 6.71. The second-order valence-electron chi connectivity index (χ2n) is 3.92. The Morgan fingerprint density at radius 3 is 2.38 bits per heavy atom. The number of ether oxygens (including phenoxy) is 2. The van der Waals surface area contributed by atoms with Crippen LogP contribution < -0.4 is 9.47 Å². The van der Waals surface area contributed by atoms with Crippen molar-refractivity contribution in [3.05, 3.63) is 63.7 Å². The van der Waals surface area contributed by atoms with Gasteiger partial charge in [-0.15, -0.1) is 0 Å². The highest BCUT2D eigenvalue weighted by Gasteiger charge is 2.16. The van der Waals surface area contributed by atoms with Crippen LogP contribution in [-0.2, 0) is 4.79 Å². The lowest BCUT2D eigenvalue weighted by atomic mass is 10.3. The largest absolute Gasteiger partial charge is 0.475 e. The van der Waals surface area contributed by atoms with Gasteiger partial charge in [-0.25, -0.2) is 4.79 Å². The SMILES string of the molecule is O=C(COc1ccccc1[N+](=O)[O-])Oc1ccccc1Cl. The van der Waals surface area contributed by atoms with Crippen molar-refractivity contribution in [1.29, 1.82) is 0 Å². The molecule has 0 amide bonds. The molecule has 21 heavy (non-hydrogen) atoms. The molecule has 0 aromatic heterocycles. The van der Waals surface area contributed by atoms with Crippen LogP contribution in [0.15, 0.2) is 48.5 Å². The fraction of sp³-hybridized carbons (Fsp3) is 0.0714. The van der Waals surface area contributed by atoms with Crippen molar-refractivity contribution in [2.24, 2.45) is 0 Å². The molecule has 2 aromatic rings. The lowest BCUT2D eigenvalue weighted by molar-refractivity contribution is -0.385. The zero-order valence-corrected chi connectivity index (χ0v) is 11.4. The number of rotatable bonds is 5. The Morgan fingerprint density at radius 2 is 1.71 bits per heavy atom. The van der Waals surface area contributed by atoms with E-state index in [0.717, 1.165) is 0 Å². The number of nitrogens with zero attached hydrogens (tertiary/aromatic N) is 1. The molecule has 0 aliphatic carbocycles. The van der Waals surface area contributed by atoms with Crippen LogP contribution in [-0.4, -0.2) is 17.5 Å². The fourth-order valence-corrected chi connectivity index (χ4v) is 1.72. The molecule has 0 saturated heterocycles. The standard InChI is InChI=1S/C14H10ClNO5/c15-10-5-1-3-7-12(10)21-14(17)9-20-13-8-4-2-6-11(13)16(18)19/h1-8H,9H2. The summed E-state index contributed by atoms with van der Waals surface area (Å²) in [5.41, 5.74) is -0.219. The Morgan fingerprint density at radius 1 is 1.10 bits per heavy atom. The van der Waals surface area contributed by atoms with Crippen LogP contribution >= 0.6 is 11.6 Å². The third-order valence-corrected chi connectivity index (χ3v) is 2.78. The fourth-order valence-electron chi connectivity index (χ4n) is 1.55. The monoisotopic (exact) mass is 307 g/mol. The van der Waals surface area contributed by atoms with Crippen molar-refractivity contribution in [1.82, 2.24) is 0 Å². The van der Waals surface area contributed by atoms with Gasteiger partial charge in [0.15, 0.2) is 12.4 Å². The molecule has 0 unspecified atom stereocenters. The maximum atomic E-state index is 11.6. The van der Waals surface area contributed by atoms with E-state index in [1.807, 2.05) is 0 Å². The molecule has 6 nitrogen and oxygen atoms in total. The van der Waals surface area contributed by atoms with Gasteiger partial charge in [0.1, 0.15) is 5.75 Å². The molecule has 0 bridgehead atoms. The lowest BCUT2D eigenvalue weighted by Crippen LogP contribution is -2.18. The second-order valence-corrected chi connectivity index (χ2v) is 4.33. The van der Waals surface area contributed by atoms with Crippen LogP contribution in [0.1, 0.15) is 0 Å². The molecule has 0 N–H and O–H groups in total. The minimum Gasteiger partial charge on any atom is -0.475 e. The molecular weight excluding hydrogens is 298 g/mol. The summed E-state index contributed by atoms with van der Waals surface area (Å²) in [5, 5.41) is 11.1. The number of nitro benzene ring substituents is 1. The van der Waals surface area contributed by atoms with Gasteiger partial charge in [0.25, 0.3) is 0 Å². The number of para-hydroxylation sites is 3. The number of hydrogen-bond donors (Lipinski definition) is 0. The highest BCUT2D eigenvalue weighted by Crippen LogP contribution is 2.26. The summed E-state index contributed by atoms with van der Waals surface area (Å²) in [6, 6.07) is 12.2. The van der Waals surface area contributed by atoms with Crippen LogP contribution in [0.5, 0.6) is 11.5 Å². The molecular formula is C14H10ClNO5. The Balaban J connectivity index is 1.99. The topological polar surface area (TPSA) is 78.7 Å². The van der Waals surface area contributed by atoms with Gasteiger partial charge in [0, 0.05) is 6.07 Å². The molecule has 7 heteroatoms. The highest BCUT2D eigenvalue weighted by molar-refractivity contribution is 6.32. The predicted octanol–water partition coefficient (Wildman–Crippen LogP) is 3.23. The van der Waals surface area contributed by atoms with E-state index in [0.29, 0.717) is 0 Å². The van der Waals surface area contributed by atoms with E-state index in [-0.39, 0.29) is 22.2 Å². The predicted molar refractivity (Wildman–Crippen MR) is 75.7 cm³/mol. The third-order valence-electron chi connectivity index (χ3n) is 2.47. The molecule has 0 aliphatic heterocycles. The number of nitro groups is 1. The summed E-state index contributed by atoms with van der Waals surface area (Å²) in [4.78, 5) is 21.8. The van der Waals surface area contributed by atoms with Gasteiger partial charge in [0.2, 0.25) is 0 Å². The number of halogens is 1. The van der Waals surface area contributed by atoms with Gasteiger partial charge in [-0.05, 0) is 18.2 Å². The maximum absolute atomic E-state index is 11.6. The average molecular weight is 308 g/mol. The first kappa shape index (κ1) is 14.8. The molecule has 0 heterocycles. The number of benzene rings is 2. The van der Waals surface area contributed by atoms with Crippen LogP contribution in [0.25, 0.3) is 0 Å². The molecule has 0 spiro atoms. The van der Waals surface area contributed by atoms with Gasteiger partial charge in [-0.1, -0.05) is 35.9 Å². The van der Waals surface area contributed by atoms with Gasteiger partial charge < -0.3 is 9.47 Å². The first-order valence-electron chi connectivity index (χ1n) is 5.89. The van der Waals surface area contributed by atoms with Crippen molar-refractivity contribution in [2.75, 3.05) is 6.61 Å². The Bertz CT molecular complexity index is 674. The van der Waals surface area contributed by atoms with E-state index in [9.17, 15) is 14.9 Å². The lowest BCUT2D eigenvalue weighted by Gasteiger charge is -2.07. The van der Waals surface area contributed by atoms with Crippen molar-refractivity contribution in [3.63, 3.8) is 0 Å². The number of esters is 1.